The van der Waals surface area contributed by atoms with Crippen LogP contribution < -0.4 is 5.32 Å². The number of carboxylic acid groups (broad SMARTS) is 1. The zero-order valence-electron chi connectivity index (χ0n) is 17.3. The summed E-state index contributed by atoms with van der Waals surface area (Å²) >= 11 is 0. The Kier molecular flexibility index (Phi) is 5.58. The van der Waals surface area contributed by atoms with Gasteiger partial charge in [-0.1, -0.05) is 0 Å². The van der Waals surface area contributed by atoms with Crippen molar-refractivity contribution in [2.75, 3.05) is 5.32 Å². The van der Waals surface area contributed by atoms with E-state index in [1.54, 1.807) is 23.4 Å². The van der Waals surface area contributed by atoms with E-state index in [4.69, 9.17) is 5.10 Å². The molecule has 0 aliphatic heterocycles. The number of nitrogens with one attached hydrogen (secondary N) is 1. The highest BCUT2D eigenvalue weighted by Crippen LogP contribution is 2.40. The number of hydrogen-bond acceptors (Lipinski definition) is 5. The third kappa shape index (κ3) is 4.26. The van der Waals surface area contributed by atoms with E-state index < -0.39 is 6.09 Å². The van der Waals surface area contributed by atoms with E-state index in [1.165, 1.54) is 0 Å². The van der Waals surface area contributed by atoms with Crippen LogP contribution in [0.25, 0.3) is 0 Å². The van der Waals surface area contributed by atoms with Crippen LogP contribution in [-0.4, -0.2) is 47.9 Å². The monoisotopic (exact) mass is 386 g/mol. The molecule has 2 heterocycles. The molecule has 8 nitrogen and oxygen atoms in total. The predicted molar refractivity (Wildman–Crippen MR) is 108 cm³/mol. The standard InChI is InChI=1S/C20H30N6O2/c1-13(2)25(19(27)28)15-8-7-14(11-15)16-12-17(24-26(16)20(3,4)5)23-18-21-9-6-10-22-18/h6,9-10,12-15H,7-8,11H2,1-5H3,(H,27,28)(H,21,22,23,24)/t14-,15?/m1/s1. The topological polar surface area (TPSA) is 96.2 Å². The summed E-state index contributed by atoms with van der Waals surface area (Å²) in [5.41, 5.74) is 0.942. The van der Waals surface area contributed by atoms with Crippen LogP contribution in [0.1, 0.15) is 65.5 Å². The normalized spacial score (nSPS) is 19.8. The Balaban J connectivity index is 1.86. The second kappa shape index (κ2) is 7.77. The van der Waals surface area contributed by atoms with E-state index in [-0.39, 0.29) is 23.5 Å². The minimum atomic E-state index is -0.839. The Labute approximate surface area is 166 Å². The highest BCUT2D eigenvalue weighted by Gasteiger charge is 2.36. The van der Waals surface area contributed by atoms with Gasteiger partial charge in [-0.15, -0.1) is 0 Å². The first kappa shape index (κ1) is 20.1. The molecule has 2 atom stereocenters. The molecule has 2 aromatic heterocycles. The number of rotatable bonds is 5. The minimum absolute atomic E-state index is 0.0266. The molecular formula is C20H30N6O2. The summed E-state index contributed by atoms with van der Waals surface area (Å²) in [4.78, 5) is 21.7. The van der Waals surface area contributed by atoms with Crippen LogP contribution in [-0.2, 0) is 5.54 Å². The van der Waals surface area contributed by atoms with Gasteiger partial charge < -0.3 is 15.3 Å². The molecule has 0 saturated heterocycles. The molecule has 0 radical (unpaired) electrons. The van der Waals surface area contributed by atoms with E-state index >= 15 is 0 Å². The maximum absolute atomic E-state index is 11.7. The molecule has 0 bridgehead atoms. The van der Waals surface area contributed by atoms with E-state index in [0.717, 1.165) is 25.0 Å². The van der Waals surface area contributed by atoms with Gasteiger partial charge in [0, 0.05) is 42.2 Å². The molecule has 0 spiro atoms. The van der Waals surface area contributed by atoms with Crippen molar-refractivity contribution in [3.05, 3.63) is 30.2 Å². The Bertz CT molecular complexity index is 812. The first-order chi connectivity index (χ1) is 13.2. The predicted octanol–water partition coefficient (Wildman–Crippen LogP) is 4.20. The van der Waals surface area contributed by atoms with Crippen molar-refractivity contribution in [3.8, 4) is 0 Å². The molecule has 2 aromatic rings. The SMILES string of the molecule is CC(C)N(C(=O)O)C1CC[C@@H](c2cc(Nc3ncccn3)nn2C(C)(C)C)C1. The van der Waals surface area contributed by atoms with E-state index in [1.807, 2.05) is 18.5 Å². The number of aromatic nitrogens is 4. The Morgan fingerprint density at radius 1 is 1.29 bits per heavy atom. The molecule has 8 heteroatoms. The second-order valence-corrected chi connectivity index (χ2v) is 8.68. The Morgan fingerprint density at radius 3 is 2.54 bits per heavy atom. The van der Waals surface area contributed by atoms with Crippen LogP contribution in [0.4, 0.5) is 16.6 Å². The molecule has 2 N–H and O–H groups in total. The van der Waals surface area contributed by atoms with Crippen molar-refractivity contribution in [2.24, 2.45) is 0 Å². The maximum Gasteiger partial charge on any atom is 0.407 e. The number of anilines is 2. The van der Waals surface area contributed by atoms with Crippen molar-refractivity contribution in [3.63, 3.8) is 0 Å². The summed E-state index contributed by atoms with van der Waals surface area (Å²) in [5.74, 6) is 1.48. The lowest BCUT2D eigenvalue weighted by Crippen LogP contribution is -2.42. The van der Waals surface area contributed by atoms with Crippen LogP contribution in [0.5, 0.6) is 0 Å². The molecule has 152 valence electrons. The van der Waals surface area contributed by atoms with Crippen molar-refractivity contribution in [1.29, 1.82) is 0 Å². The molecule has 1 aliphatic carbocycles. The summed E-state index contributed by atoms with van der Waals surface area (Å²) in [6.45, 7) is 10.2. The average Bonchev–Trinajstić information content (AvgIpc) is 3.22. The fourth-order valence-corrected chi connectivity index (χ4v) is 4.04. The molecule has 0 aromatic carbocycles. The first-order valence-corrected chi connectivity index (χ1v) is 9.82. The average molecular weight is 387 g/mol. The number of nitrogens with zero attached hydrogens (tertiary/aromatic N) is 5. The van der Waals surface area contributed by atoms with Gasteiger partial charge in [0.25, 0.3) is 0 Å². The van der Waals surface area contributed by atoms with Gasteiger partial charge in [-0.3, -0.25) is 4.68 Å². The molecule has 28 heavy (non-hydrogen) atoms. The summed E-state index contributed by atoms with van der Waals surface area (Å²) in [6.07, 6.45) is 5.16. The van der Waals surface area contributed by atoms with Gasteiger partial charge in [0.15, 0.2) is 5.82 Å². The Morgan fingerprint density at radius 2 is 1.96 bits per heavy atom. The lowest BCUT2D eigenvalue weighted by molar-refractivity contribution is 0.108. The number of amides is 1. The molecule has 1 aliphatic rings. The molecular weight excluding hydrogens is 356 g/mol. The third-order valence-corrected chi connectivity index (χ3v) is 5.17. The van der Waals surface area contributed by atoms with E-state index in [0.29, 0.717) is 11.8 Å². The van der Waals surface area contributed by atoms with Crippen molar-refractivity contribution in [2.45, 2.75) is 77.4 Å². The summed E-state index contributed by atoms with van der Waals surface area (Å²) in [5, 5.41) is 17.5. The van der Waals surface area contributed by atoms with Gasteiger partial charge in [0.2, 0.25) is 5.95 Å². The van der Waals surface area contributed by atoms with Gasteiger partial charge in [0.1, 0.15) is 0 Å². The molecule has 3 rings (SSSR count). The van der Waals surface area contributed by atoms with Gasteiger partial charge in [-0.25, -0.2) is 14.8 Å². The number of carbonyl (C=O) groups is 1. The van der Waals surface area contributed by atoms with Gasteiger partial charge in [-0.2, -0.15) is 5.10 Å². The van der Waals surface area contributed by atoms with Crippen LogP contribution in [0.3, 0.4) is 0 Å². The lowest BCUT2D eigenvalue weighted by Gasteiger charge is -2.30. The van der Waals surface area contributed by atoms with Crippen molar-refractivity contribution >= 4 is 17.9 Å². The molecule has 1 amide bonds. The second-order valence-electron chi connectivity index (χ2n) is 8.68. The molecule has 1 saturated carbocycles. The summed E-state index contributed by atoms with van der Waals surface area (Å²) in [6, 6.07) is 3.84. The highest BCUT2D eigenvalue weighted by atomic mass is 16.4. The molecule has 1 unspecified atom stereocenters. The Hall–Kier alpha value is -2.64. The smallest absolute Gasteiger partial charge is 0.407 e. The zero-order chi connectivity index (χ0) is 20.5. The van der Waals surface area contributed by atoms with Crippen LogP contribution in [0.15, 0.2) is 24.5 Å². The van der Waals surface area contributed by atoms with Gasteiger partial charge in [0.05, 0.1) is 5.54 Å². The van der Waals surface area contributed by atoms with Crippen LogP contribution in [0, 0.1) is 0 Å². The summed E-state index contributed by atoms with van der Waals surface area (Å²) < 4.78 is 2.05. The van der Waals surface area contributed by atoms with Crippen molar-refractivity contribution < 1.29 is 9.90 Å². The van der Waals surface area contributed by atoms with E-state index in [2.05, 4.69) is 42.1 Å². The number of hydrogen-bond donors (Lipinski definition) is 2. The van der Waals surface area contributed by atoms with Crippen LogP contribution >= 0.6 is 0 Å². The first-order valence-electron chi connectivity index (χ1n) is 9.82. The van der Waals surface area contributed by atoms with Crippen LogP contribution in [0.2, 0.25) is 0 Å². The van der Waals surface area contributed by atoms with Gasteiger partial charge >= 0.3 is 6.09 Å². The maximum atomic E-state index is 11.7. The fraction of sp³-hybridized carbons (Fsp3) is 0.600. The zero-order valence-corrected chi connectivity index (χ0v) is 17.3. The molecule has 1 fully saturated rings. The minimum Gasteiger partial charge on any atom is -0.465 e. The quantitative estimate of drug-likeness (QED) is 0.800. The fourth-order valence-electron chi connectivity index (χ4n) is 4.04. The third-order valence-electron chi connectivity index (χ3n) is 5.17. The van der Waals surface area contributed by atoms with Crippen molar-refractivity contribution in [1.82, 2.24) is 24.6 Å². The highest BCUT2D eigenvalue weighted by molar-refractivity contribution is 5.66. The van der Waals surface area contributed by atoms with E-state index in [9.17, 15) is 9.90 Å². The van der Waals surface area contributed by atoms with Gasteiger partial charge in [-0.05, 0) is 59.9 Å². The lowest BCUT2D eigenvalue weighted by atomic mass is 10.0. The largest absolute Gasteiger partial charge is 0.465 e. The summed E-state index contributed by atoms with van der Waals surface area (Å²) in [7, 11) is 0.